The molecule has 0 spiro atoms. The zero-order valence-corrected chi connectivity index (χ0v) is 9.71. The van der Waals surface area contributed by atoms with Crippen molar-refractivity contribution in [2.75, 3.05) is 0 Å². The molecule has 2 heterocycles. The third-order valence-corrected chi connectivity index (χ3v) is 2.24. The van der Waals surface area contributed by atoms with E-state index in [4.69, 9.17) is 0 Å². The van der Waals surface area contributed by atoms with Crippen LogP contribution in [0.1, 0.15) is 27.6 Å². The lowest BCUT2D eigenvalue weighted by Crippen LogP contribution is -2.08. The molecule has 0 bridgehead atoms. The van der Waals surface area contributed by atoms with E-state index in [1.807, 2.05) is 13.8 Å². The molecule has 0 aliphatic rings. The minimum absolute atomic E-state index is 0.101. The number of rotatable bonds is 3. The van der Waals surface area contributed by atoms with Crippen LogP contribution in [0.3, 0.4) is 0 Å². The van der Waals surface area contributed by atoms with Crippen molar-refractivity contribution in [1.29, 1.82) is 0 Å². The summed E-state index contributed by atoms with van der Waals surface area (Å²) in [4.78, 5) is 28.1. The van der Waals surface area contributed by atoms with Gasteiger partial charge in [0.15, 0.2) is 5.78 Å². The van der Waals surface area contributed by atoms with Crippen LogP contribution in [-0.2, 0) is 6.42 Å². The first-order chi connectivity index (χ1) is 8.15. The number of nitrogens with zero attached hydrogens (tertiary/aromatic N) is 4. The molecule has 0 atom stereocenters. The van der Waals surface area contributed by atoms with Gasteiger partial charge in [-0.2, -0.15) is 0 Å². The number of ketones is 1. The molecule has 0 radical (unpaired) electrons. The molecule has 0 aromatic carbocycles. The molecular formula is C12H12N4O. The van der Waals surface area contributed by atoms with Gasteiger partial charge in [0.25, 0.3) is 0 Å². The van der Waals surface area contributed by atoms with Gasteiger partial charge in [-0.25, -0.2) is 4.98 Å². The number of Topliss-reactive ketones (excluding diaryl/α,β-unsaturated/α-hetero) is 1. The summed E-state index contributed by atoms with van der Waals surface area (Å²) < 4.78 is 0. The van der Waals surface area contributed by atoms with Crippen LogP contribution in [-0.4, -0.2) is 25.7 Å². The second kappa shape index (κ2) is 4.78. The van der Waals surface area contributed by atoms with Crippen molar-refractivity contribution in [3.05, 3.63) is 47.6 Å². The molecule has 0 saturated carbocycles. The van der Waals surface area contributed by atoms with Crippen molar-refractivity contribution in [2.24, 2.45) is 0 Å². The van der Waals surface area contributed by atoms with E-state index in [0.717, 1.165) is 11.4 Å². The average molecular weight is 228 g/mol. The zero-order chi connectivity index (χ0) is 12.3. The van der Waals surface area contributed by atoms with E-state index in [2.05, 4.69) is 19.9 Å². The van der Waals surface area contributed by atoms with E-state index >= 15 is 0 Å². The predicted octanol–water partition coefficient (Wildman–Crippen LogP) is 1.31. The number of carbonyl (C=O) groups is 1. The molecule has 2 aromatic heterocycles. The van der Waals surface area contributed by atoms with Gasteiger partial charge in [0.2, 0.25) is 0 Å². The maximum atomic E-state index is 11.8. The van der Waals surface area contributed by atoms with Gasteiger partial charge < -0.3 is 0 Å². The summed E-state index contributed by atoms with van der Waals surface area (Å²) in [5, 5.41) is 0. The van der Waals surface area contributed by atoms with Gasteiger partial charge in [-0.15, -0.1) is 0 Å². The minimum atomic E-state index is -0.101. The molecule has 2 rings (SSSR count). The van der Waals surface area contributed by atoms with Gasteiger partial charge in [-0.1, -0.05) is 0 Å². The first-order valence-corrected chi connectivity index (χ1v) is 5.24. The Morgan fingerprint density at radius 2 is 1.59 bits per heavy atom. The Bertz CT molecular complexity index is 519. The van der Waals surface area contributed by atoms with E-state index in [9.17, 15) is 4.79 Å². The molecule has 17 heavy (non-hydrogen) atoms. The predicted molar refractivity (Wildman–Crippen MR) is 61.6 cm³/mol. The van der Waals surface area contributed by atoms with Crippen LogP contribution in [0.25, 0.3) is 0 Å². The normalized spacial score (nSPS) is 10.2. The topological polar surface area (TPSA) is 68.6 Å². The van der Waals surface area contributed by atoms with Gasteiger partial charge >= 0.3 is 0 Å². The highest BCUT2D eigenvalue weighted by molar-refractivity contribution is 5.95. The standard InChI is InChI=1S/C12H12N4O/c1-8-4-15-10(6-13-8)3-12(17)11-7-14-9(2)5-16-11/h4-7H,3H2,1-2H3. The summed E-state index contributed by atoms with van der Waals surface area (Å²) in [6.45, 7) is 3.68. The lowest BCUT2D eigenvalue weighted by atomic mass is 10.2. The SMILES string of the molecule is Cc1cnc(CC(=O)c2cnc(C)cn2)cn1. The molecule has 0 aliphatic heterocycles. The highest BCUT2D eigenvalue weighted by Crippen LogP contribution is 2.02. The second-order valence-electron chi connectivity index (χ2n) is 3.79. The molecule has 0 saturated heterocycles. The first-order valence-electron chi connectivity index (χ1n) is 5.24. The Labute approximate surface area is 99.0 Å². The zero-order valence-electron chi connectivity index (χ0n) is 9.71. The summed E-state index contributed by atoms with van der Waals surface area (Å²) >= 11 is 0. The van der Waals surface area contributed by atoms with Crippen molar-refractivity contribution < 1.29 is 4.79 Å². The van der Waals surface area contributed by atoms with Crippen LogP contribution in [0.2, 0.25) is 0 Å². The van der Waals surface area contributed by atoms with Crippen LogP contribution >= 0.6 is 0 Å². The Balaban J connectivity index is 2.11. The summed E-state index contributed by atoms with van der Waals surface area (Å²) in [6.07, 6.45) is 6.51. The highest BCUT2D eigenvalue weighted by Gasteiger charge is 2.09. The molecular weight excluding hydrogens is 216 g/mol. The molecule has 2 aromatic rings. The van der Waals surface area contributed by atoms with Crippen LogP contribution in [0.4, 0.5) is 0 Å². The van der Waals surface area contributed by atoms with E-state index in [1.165, 1.54) is 6.20 Å². The number of aryl methyl sites for hydroxylation is 2. The highest BCUT2D eigenvalue weighted by atomic mass is 16.1. The fourth-order valence-electron chi connectivity index (χ4n) is 1.30. The lowest BCUT2D eigenvalue weighted by Gasteiger charge is -2.00. The van der Waals surface area contributed by atoms with Crippen molar-refractivity contribution >= 4 is 5.78 Å². The quantitative estimate of drug-likeness (QED) is 0.741. The van der Waals surface area contributed by atoms with Crippen molar-refractivity contribution in [2.45, 2.75) is 20.3 Å². The Morgan fingerprint density at radius 3 is 2.12 bits per heavy atom. The molecule has 5 nitrogen and oxygen atoms in total. The van der Waals surface area contributed by atoms with Gasteiger partial charge in [-0.05, 0) is 13.8 Å². The summed E-state index contributed by atoms with van der Waals surface area (Å²) in [6, 6.07) is 0. The Hall–Kier alpha value is -2.17. The molecule has 0 fully saturated rings. The number of hydrogen-bond donors (Lipinski definition) is 0. The third kappa shape index (κ3) is 2.90. The average Bonchev–Trinajstić information content (AvgIpc) is 2.33. The molecule has 0 amide bonds. The van der Waals surface area contributed by atoms with E-state index < -0.39 is 0 Å². The lowest BCUT2D eigenvalue weighted by molar-refractivity contribution is 0.0986. The summed E-state index contributed by atoms with van der Waals surface area (Å²) in [5.74, 6) is -0.101. The maximum absolute atomic E-state index is 11.8. The number of aromatic nitrogens is 4. The van der Waals surface area contributed by atoms with E-state index in [-0.39, 0.29) is 12.2 Å². The fourth-order valence-corrected chi connectivity index (χ4v) is 1.30. The van der Waals surface area contributed by atoms with Gasteiger partial charge in [0.1, 0.15) is 5.69 Å². The first kappa shape index (κ1) is 11.3. The Morgan fingerprint density at radius 1 is 0.941 bits per heavy atom. The van der Waals surface area contributed by atoms with Crippen LogP contribution in [0.15, 0.2) is 24.8 Å². The van der Waals surface area contributed by atoms with Gasteiger partial charge in [-0.3, -0.25) is 19.7 Å². The van der Waals surface area contributed by atoms with Crippen LogP contribution in [0.5, 0.6) is 0 Å². The van der Waals surface area contributed by atoms with E-state index in [0.29, 0.717) is 11.4 Å². The molecule has 0 aliphatic carbocycles. The van der Waals surface area contributed by atoms with Crippen LogP contribution in [0, 0.1) is 13.8 Å². The fraction of sp³-hybridized carbons (Fsp3) is 0.250. The largest absolute Gasteiger partial charge is 0.292 e. The summed E-state index contributed by atoms with van der Waals surface area (Å²) in [7, 11) is 0. The minimum Gasteiger partial charge on any atom is -0.292 e. The third-order valence-electron chi connectivity index (χ3n) is 2.24. The molecule has 0 unspecified atom stereocenters. The second-order valence-corrected chi connectivity index (χ2v) is 3.79. The molecule has 5 heteroatoms. The van der Waals surface area contributed by atoms with Gasteiger partial charge in [0, 0.05) is 18.6 Å². The van der Waals surface area contributed by atoms with Crippen molar-refractivity contribution in [3.63, 3.8) is 0 Å². The van der Waals surface area contributed by atoms with Crippen molar-refractivity contribution in [3.8, 4) is 0 Å². The van der Waals surface area contributed by atoms with Gasteiger partial charge in [0.05, 0.1) is 29.7 Å². The monoisotopic (exact) mass is 228 g/mol. The number of carbonyl (C=O) groups excluding carboxylic acids is 1. The van der Waals surface area contributed by atoms with Crippen molar-refractivity contribution in [1.82, 2.24) is 19.9 Å². The number of hydrogen-bond acceptors (Lipinski definition) is 5. The van der Waals surface area contributed by atoms with E-state index in [1.54, 1.807) is 18.6 Å². The maximum Gasteiger partial charge on any atom is 0.188 e. The smallest absolute Gasteiger partial charge is 0.188 e. The summed E-state index contributed by atoms with van der Waals surface area (Å²) in [5.41, 5.74) is 2.62. The van der Waals surface area contributed by atoms with Crippen LogP contribution < -0.4 is 0 Å². The Kier molecular flexibility index (Phi) is 3.18. The molecule has 0 N–H and O–H groups in total. The molecule has 86 valence electrons.